The molecular weight excluding hydrogens is 484 g/mol. The van der Waals surface area contributed by atoms with E-state index in [0.29, 0.717) is 29.3 Å². The molecule has 4 rings (SSSR count). The molecule has 9 nitrogen and oxygen atoms in total. The number of nitrogens with two attached hydrogens (primary N) is 2. The lowest BCUT2D eigenvalue weighted by Gasteiger charge is -2.26. The molecule has 1 aliphatic rings. The first-order valence-corrected chi connectivity index (χ1v) is 12.4. The molecule has 9 heteroatoms. The van der Waals surface area contributed by atoms with Crippen molar-refractivity contribution in [2.45, 2.75) is 44.8 Å². The first-order chi connectivity index (χ1) is 17.9. The summed E-state index contributed by atoms with van der Waals surface area (Å²) in [5, 5.41) is 14.9. The van der Waals surface area contributed by atoms with Gasteiger partial charge in [-0.25, -0.2) is 4.98 Å². The lowest BCUT2D eigenvalue weighted by Crippen LogP contribution is -2.35. The third-order valence-electron chi connectivity index (χ3n) is 6.84. The number of hydrogen-bond donors (Lipinski definition) is 4. The number of nitrogens with one attached hydrogen (secondary N) is 1. The zero-order valence-corrected chi connectivity index (χ0v) is 22.1. The van der Waals surface area contributed by atoms with E-state index in [1.807, 2.05) is 44.2 Å². The predicted molar refractivity (Wildman–Crippen MR) is 145 cm³/mol. The number of Topliss-reactive ketones (excluding diaryl/α,β-unsaturated/α-hetero) is 1. The number of methoxy groups -OCH3 is 1. The Morgan fingerprint density at radius 1 is 1.16 bits per heavy atom. The fourth-order valence-electron chi connectivity index (χ4n) is 4.48. The van der Waals surface area contributed by atoms with Gasteiger partial charge in [0.2, 0.25) is 0 Å². The lowest BCUT2D eigenvalue weighted by atomic mass is 9.88. The Morgan fingerprint density at radius 2 is 1.87 bits per heavy atom. The van der Waals surface area contributed by atoms with Gasteiger partial charge in [-0.3, -0.25) is 9.59 Å². The number of nitrogens with zero attached hydrogens (tertiary/aromatic N) is 1. The Balaban J connectivity index is 1.59. The van der Waals surface area contributed by atoms with E-state index in [9.17, 15) is 14.7 Å². The number of benzene rings is 2. The smallest absolute Gasteiger partial charge is 0.255 e. The Hall–Kier alpha value is -3.95. The van der Waals surface area contributed by atoms with Crippen LogP contribution >= 0.6 is 0 Å². The average molecular weight is 519 g/mol. The Labute approximate surface area is 222 Å². The molecule has 2 atom stereocenters. The highest BCUT2D eigenvalue weighted by Gasteiger charge is 2.36. The highest BCUT2D eigenvalue weighted by atomic mass is 16.5. The van der Waals surface area contributed by atoms with Gasteiger partial charge in [0.1, 0.15) is 5.60 Å². The number of carbonyl (C=O) groups is 2. The number of carbonyl (C=O) groups excluding carboxylic acids is 2. The summed E-state index contributed by atoms with van der Waals surface area (Å²) in [4.78, 5) is 28.9. The minimum atomic E-state index is -1.39. The van der Waals surface area contributed by atoms with Crippen molar-refractivity contribution in [3.63, 3.8) is 0 Å². The van der Waals surface area contributed by atoms with E-state index in [4.69, 9.17) is 25.9 Å². The summed E-state index contributed by atoms with van der Waals surface area (Å²) in [5.74, 6) is -0.193. The van der Waals surface area contributed by atoms with E-state index < -0.39 is 17.0 Å². The van der Waals surface area contributed by atoms with Gasteiger partial charge in [-0.1, -0.05) is 29.8 Å². The number of amides is 1. The number of aryl methyl sites for hydroxylation is 1. The maximum Gasteiger partial charge on any atom is 0.255 e. The number of ether oxygens (including phenoxy) is 2. The van der Waals surface area contributed by atoms with Crippen LogP contribution in [0.25, 0.3) is 11.3 Å². The van der Waals surface area contributed by atoms with Gasteiger partial charge in [0.05, 0.1) is 29.7 Å². The van der Waals surface area contributed by atoms with Gasteiger partial charge in [-0.2, -0.15) is 0 Å². The minimum absolute atomic E-state index is 0.0639. The summed E-state index contributed by atoms with van der Waals surface area (Å²) < 4.78 is 10.6. The summed E-state index contributed by atoms with van der Waals surface area (Å²) in [6.45, 7) is 5.87. The van der Waals surface area contributed by atoms with E-state index in [1.165, 1.54) is 7.11 Å². The molecule has 0 saturated heterocycles. The molecule has 2 unspecified atom stereocenters. The number of aliphatic hydroxyl groups is 1. The van der Waals surface area contributed by atoms with Crippen LogP contribution in [0.4, 0.5) is 5.69 Å². The minimum Gasteiger partial charge on any atom is -0.493 e. The third-order valence-corrected chi connectivity index (χ3v) is 6.84. The standard InChI is InChI=1S/C29H34N4O5/c1-17-5-7-18(8-6-17)26-27-20(28(2,31)16-32-27)14-24(33-26)29(3,36)12-11-21(34)19-9-10-22(23(13-19)37-4)38-15-25(30)35/h5-10,13-14,32,36H,11-12,15-16,31H2,1-4H3,(H2,30,35). The lowest BCUT2D eigenvalue weighted by molar-refractivity contribution is -0.119. The fourth-order valence-corrected chi connectivity index (χ4v) is 4.48. The van der Waals surface area contributed by atoms with E-state index in [2.05, 4.69) is 5.32 Å². The molecular formula is C29H34N4O5. The van der Waals surface area contributed by atoms with Crippen molar-refractivity contribution in [2.75, 3.05) is 25.6 Å². The Kier molecular flexibility index (Phi) is 7.44. The van der Waals surface area contributed by atoms with Gasteiger partial charge in [0.25, 0.3) is 5.91 Å². The summed E-state index contributed by atoms with van der Waals surface area (Å²) in [6, 6.07) is 14.6. The van der Waals surface area contributed by atoms with E-state index in [-0.39, 0.29) is 25.2 Å². The van der Waals surface area contributed by atoms with Crippen LogP contribution in [0.5, 0.6) is 11.5 Å². The largest absolute Gasteiger partial charge is 0.493 e. The summed E-state index contributed by atoms with van der Waals surface area (Å²) in [7, 11) is 1.44. The van der Waals surface area contributed by atoms with Crippen molar-refractivity contribution in [2.24, 2.45) is 11.5 Å². The maximum absolute atomic E-state index is 13.0. The fraction of sp³-hybridized carbons (Fsp3) is 0.345. The van der Waals surface area contributed by atoms with E-state index in [1.54, 1.807) is 25.1 Å². The highest BCUT2D eigenvalue weighted by molar-refractivity contribution is 5.96. The number of aromatic nitrogens is 1. The normalized spacial score (nSPS) is 17.7. The van der Waals surface area contributed by atoms with Crippen molar-refractivity contribution >= 4 is 17.4 Å². The quantitative estimate of drug-likeness (QED) is 0.298. The van der Waals surface area contributed by atoms with Crippen LogP contribution in [0.3, 0.4) is 0 Å². The molecule has 6 N–H and O–H groups in total. The molecule has 1 aliphatic heterocycles. The second-order valence-electron chi connectivity index (χ2n) is 10.2. The first-order valence-electron chi connectivity index (χ1n) is 12.4. The number of hydrogen-bond acceptors (Lipinski definition) is 8. The molecule has 2 aromatic carbocycles. The van der Waals surface area contributed by atoms with Crippen molar-refractivity contribution < 1.29 is 24.2 Å². The molecule has 1 aromatic heterocycles. The van der Waals surface area contributed by atoms with Gasteiger partial charge in [0, 0.05) is 29.7 Å². The Bertz CT molecular complexity index is 1370. The summed E-state index contributed by atoms with van der Waals surface area (Å²) in [6.07, 6.45) is 0.205. The number of anilines is 1. The zero-order valence-electron chi connectivity index (χ0n) is 22.1. The van der Waals surface area contributed by atoms with Gasteiger partial charge in [-0.05, 0) is 51.5 Å². The van der Waals surface area contributed by atoms with Gasteiger partial charge < -0.3 is 31.4 Å². The Morgan fingerprint density at radius 3 is 2.53 bits per heavy atom. The van der Waals surface area contributed by atoms with Crippen LogP contribution in [-0.2, 0) is 15.9 Å². The molecule has 1 amide bonds. The summed E-state index contributed by atoms with van der Waals surface area (Å²) >= 11 is 0. The van der Waals surface area contributed by atoms with Crippen molar-refractivity contribution in [1.29, 1.82) is 0 Å². The average Bonchev–Trinajstić information content (AvgIpc) is 3.20. The second-order valence-corrected chi connectivity index (χ2v) is 10.2. The molecule has 0 bridgehead atoms. The monoisotopic (exact) mass is 518 g/mol. The van der Waals surface area contributed by atoms with E-state index >= 15 is 0 Å². The van der Waals surface area contributed by atoms with Crippen molar-refractivity contribution in [3.05, 3.63) is 70.9 Å². The molecule has 200 valence electrons. The third kappa shape index (κ3) is 5.64. The molecule has 0 saturated carbocycles. The summed E-state index contributed by atoms with van der Waals surface area (Å²) in [5.41, 5.74) is 15.0. The van der Waals surface area contributed by atoms with Crippen LogP contribution in [0.15, 0.2) is 48.5 Å². The molecule has 0 aliphatic carbocycles. The molecule has 0 radical (unpaired) electrons. The molecule has 2 heterocycles. The van der Waals surface area contributed by atoms with Gasteiger partial charge in [0.15, 0.2) is 23.9 Å². The zero-order chi connectivity index (χ0) is 27.7. The van der Waals surface area contributed by atoms with Crippen LogP contribution in [0.2, 0.25) is 0 Å². The maximum atomic E-state index is 13.0. The number of rotatable bonds is 10. The molecule has 0 spiro atoms. The van der Waals surface area contributed by atoms with Crippen molar-refractivity contribution in [1.82, 2.24) is 4.98 Å². The predicted octanol–water partition coefficient (Wildman–Crippen LogP) is 3.40. The number of fused-ring (bicyclic) bond motifs is 1. The van der Waals surface area contributed by atoms with Crippen LogP contribution < -0.4 is 26.3 Å². The van der Waals surface area contributed by atoms with Crippen LogP contribution in [0.1, 0.15) is 53.9 Å². The molecule has 3 aromatic rings. The molecule has 38 heavy (non-hydrogen) atoms. The van der Waals surface area contributed by atoms with Gasteiger partial charge >= 0.3 is 0 Å². The first kappa shape index (κ1) is 27.1. The topological polar surface area (TPSA) is 150 Å². The van der Waals surface area contributed by atoms with Crippen LogP contribution in [-0.4, -0.2) is 42.0 Å². The SMILES string of the molecule is COc1cc(C(=O)CCC(C)(O)c2cc3c(c(-c4ccc(C)cc4)n2)NCC3(C)N)ccc1OCC(N)=O. The van der Waals surface area contributed by atoms with Gasteiger partial charge in [-0.15, -0.1) is 0 Å². The van der Waals surface area contributed by atoms with Crippen molar-refractivity contribution in [3.8, 4) is 22.8 Å². The molecule has 0 fully saturated rings. The second kappa shape index (κ2) is 10.4. The number of primary amides is 1. The van der Waals surface area contributed by atoms with E-state index in [0.717, 1.165) is 28.1 Å². The van der Waals surface area contributed by atoms with Crippen LogP contribution in [0, 0.1) is 6.92 Å². The highest BCUT2D eigenvalue weighted by Crippen LogP contribution is 2.42. The number of pyridine rings is 1. The number of ketones is 1.